The van der Waals surface area contributed by atoms with Crippen molar-refractivity contribution in [2.24, 2.45) is 11.7 Å². The Morgan fingerprint density at radius 1 is 1.12 bits per heavy atom. The Balaban J connectivity index is 0.000000487. The molecule has 0 aliphatic rings. The van der Waals surface area contributed by atoms with Gasteiger partial charge in [-0.2, -0.15) is 5.10 Å². The van der Waals surface area contributed by atoms with Gasteiger partial charge in [0.05, 0.1) is 12.2 Å². The molecule has 0 fully saturated rings. The number of nitrogens with two attached hydrogens (primary N) is 1. The summed E-state index contributed by atoms with van der Waals surface area (Å²) in [5, 5.41) is 4.37. The minimum atomic E-state index is -0.139. The van der Waals surface area contributed by atoms with Crippen molar-refractivity contribution in [2.45, 2.75) is 72.8 Å². The highest BCUT2D eigenvalue weighted by molar-refractivity contribution is 5.63. The summed E-state index contributed by atoms with van der Waals surface area (Å²) in [6.07, 6.45) is 13.4. The number of hydrogen-bond acceptors (Lipinski definition) is 4. The van der Waals surface area contributed by atoms with Crippen LogP contribution in [0.2, 0.25) is 0 Å². The molecule has 1 atom stereocenters. The predicted molar refractivity (Wildman–Crippen MR) is 110 cm³/mol. The number of nitrogens with zero attached hydrogens (tertiary/aromatic N) is 4. The molecular formula is C21H35N5. The van der Waals surface area contributed by atoms with Crippen molar-refractivity contribution in [3.63, 3.8) is 0 Å². The van der Waals surface area contributed by atoms with E-state index in [1.165, 1.54) is 25.7 Å². The highest BCUT2D eigenvalue weighted by Crippen LogP contribution is 2.23. The summed E-state index contributed by atoms with van der Waals surface area (Å²) < 4.78 is 1.72. The van der Waals surface area contributed by atoms with Crippen LogP contribution in [-0.4, -0.2) is 19.7 Å². The molecule has 2 aromatic rings. The fraction of sp³-hybridized carbons (Fsp3) is 0.571. The summed E-state index contributed by atoms with van der Waals surface area (Å²) in [7, 11) is 0. The van der Waals surface area contributed by atoms with Crippen molar-refractivity contribution in [1.82, 2.24) is 19.7 Å². The van der Waals surface area contributed by atoms with Crippen LogP contribution in [0.1, 0.15) is 84.0 Å². The quantitative estimate of drug-likeness (QED) is 0.648. The second-order valence-electron chi connectivity index (χ2n) is 6.84. The zero-order chi connectivity index (χ0) is 19.5. The average Bonchev–Trinajstić information content (AvgIpc) is 3.15. The number of aromatic nitrogens is 4. The lowest BCUT2D eigenvalue weighted by Crippen LogP contribution is -2.15. The molecule has 2 N–H and O–H groups in total. The Hall–Kier alpha value is -2.01. The summed E-state index contributed by atoms with van der Waals surface area (Å²) in [6, 6.07) is -0.139. The Morgan fingerprint density at radius 2 is 1.73 bits per heavy atom. The highest BCUT2D eigenvalue weighted by Gasteiger charge is 2.15. The van der Waals surface area contributed by atoms with Crippen LogP contribution in [0.3, 0.4) is 0 Å². The van der Waals surface area contributed by atoms with Gasteiger partial charge in [-0.25, -0.2) is 9.67 Å². The van der Waals surface area contributed by atoms with E-state index < -0.39 is 0 Å². The number of allylic oxidation sites excluding steroid dienone is 1. The third-order valence-corrected chi connectivity index (χ3v) is 4.32. The lowest BCUT2D eigenvalue weighted by molar-refractivity contribution is 0.654. The molecule has 26 heavy (non-hydrogen) atoms. The Labute approximate surface area is 158 Å². The van der Waals surface area contributed by atoms with Crippen LogP contribution in [0, 0.1) is 5.92 Å². The molecule has 5 heteroatoms. The molecule has 2 aromatic heterocycles. The van der Waals surface area contributed by atoms with Gasteiger partial charge in [-0.1, -0.05) is 66.9 Å². The zero-order valence-corrected chi connectivity index (χ0v) is 17.1. The van der Waals surface area contributed by atoms with Crippen LogP contribution in [0.4, 0.5) is 0 Å². The molecule has 0 aliphatic carbocycles. The van der Waals surface area contributed by atoms with E-state index in [0.717, 1.165) is 23.3 Å². The summed E-state index contributed by atoms with van der Waals surface area (Å²) in [4.78, 5) is 8.71. The third-order valence-electron chi connectivity index (χ3n) is 4.32. The fourth-order valence-corrected chi connectivity index (χ4v) is 2.41. The van der Waals surface area contributed by atoms with Crippen LogP contribution < -0.4 is 5.73 Å². The van der Waals surface area contributed by atoms with Gasteiger partial charge in [-0.15, -0.1) is 0 Å². The van der Waals surface area contributed by atoms with Crippen LogP contribution >= 0.6 is 0 Å². The molecule has 0 radical (unpaired) electrons. The van der Waals surface area contributed by atoms with E-state index in [2.05, 4.69) is 49.3 Å². The first-order chi connectivity index (χ1) is 12.5. The van der Waals surface area contributed by atoms with Crippen molar-refractivity contribution >= 4 is 5.57 Å². The Bertz CT molecular complexity index is 656. The van der Waals surface area contributed by atoms with Crippen LogP contribution in [-0.2, 0) is 0 Å². The van der Waals surface area contributed by atoms with Crippen molar-refractivity contribution in [1.29, 1.82) is 0 Å². The molecule has 0 amide bonds. The third kappa shape index (κ3) is 6.37. The maximum absolute atomic E-state index is 6.09. The van der Waals surface area contributed by atoms with E-state index in [1.807, 2.05) is 13.1 Å². The van der Waals surface area contributed by atoms with Gasteiger partial charge < -0.3 is 5.73 Å². The molecule has 0 spiro atoms. The zero-order valence-electron chi connectivity index (χ0n) is 17.1. The molecule has 2 rings (SSSR count). The second-order valence-corrected chi connectivity index (χ2v) is 6.84. The average molecular weight is 358 g/mol. The van der Waals surface area contributed by atoms with Crippen molar-refractivity contribution in [3.05, 3.63) is 42.6 Å². The number of rotatable bonds is 8. The van der Waals surface area contributed by atoms with Crippen LogP contribution in [0.25, 0.3) is 11.4 Å². The SMILES string of the molecule is C=C(c1cnn(-c2nccnc2C(N)CC)c1)C(C)C.CCCCCC. The fourth-order valence-electron chi connectivity index (χ4n) is 2.41. The van der Waals surface area contributed by atoms with Crippen LogP contribution in [0.5, 0.6) is 0 Å². The summed E-state index contributed by atoms with van der Waals surface area (Å²) in [5.41, 5.74) is 8.92. The summed E-state index contributed by atoms with van der Waals surface area (Å²) in [6.45, 7) is 14.8. The van der Waals surface area contributed by atoms with Gasteiger partial charge >= 0.3 is 0 Å². The summed E-state index contributed by atoms with van der Waals surface area (Å²) in [5.74, 6) is 1.07. The van der Waals surface area contributed by atoms with E-state index in [1.54, 1.807) is 23.3 Å². The van der Waals surface area contributed by atoms with E-state index in [0.29, 0.717) is 11.7 Å². The highest BCUT2D eigenvalue weighted by atomic mass is 15.3. The van der Waals surface area contributed by atoms with Crippen molar-refractivity contribution < 1.29 is 0 Å². The number of hydrogen-bond donors (Lipinski definition) is 1. The standard InChI is InChI=1S/C15H21N5.C6H14/c1-5-13(16)14-15(18-7-6-17-14)20-9-12(8-19-20)11(4)10(2)3;1-3-5-6-4-2/h6-10,13H,4-5,16H2,1-3H3;3-6H2,1-2H3. The summed E-state index contributed by atoms with van der Waals surface area (Å²) >= 11 is 0. The normalized spacial score (nSPS) is 11.8. The molecule has 0 aromatic carbocycles. The monoisotopic (exact) mass is 357 g/mol. The molecule has 0 bridgehead atoms. The van der Waals surface area contributed by atoms with Gasteiger partial charge in [0.15, 0.2) is 5.82 Å². The van der Waals surface area contributed by atoms with E-state index >= 15 is 0 Å². The molecule has 1 unspecified atom stereocenters. The molecular weight excluding hydrogens is 322 g/mol. The Kier molecular flexibility index (Phi) is 9.81. The molecule has 0 aliphatic heterocycles. The first-order valence-corrected chi connectivity index (χ1v) is 9.76. The topological polar surface area (TPSA) is 69.6 Å². The minimum absolute atomic E-state index is 0.139. The van der Waals surface area contributed by atoms with E-state index in [9.17, 15) is 0 Å². The molecule has 0 saturated heterocycles. The maximum atomic E-state index is 6.09. The van der Waals surface area contributed by atoms with Gasteiger partial charge in [0.25, 0.3) is 0 Å². The van der Waals surface area contributed by atoms with Gasteiger partial charge in [-0.3, -0.25) is 4.98 Å². The Morgan fingerprint density at radius 3 is 2.27 bits per heavy atom. The molecule has 0 saturated carbocycles. The molecule has 2 heterocycles. The number of unbranched alkanes of at least 4 members (excludes halogenated alkanes) is 3. The molecule has 5 nitrogen and oxygen atoms in total. The first kappa shape index (κ1) is 22.0. The van der Waals surface area contributed by atoms with Gasteiger partial charge in [0.2, 0.25) is 0 Å². The van der Waals surface area contributed by atoms with Crippen molar-refractivity contribution in [3.8, 4) is 5.82 Å². The lowest BCUT2D eigenvalue weighted by Gasteiger charge is -2.12. The second kappa shape index (κ2) is 11.6. The van der Waals surface area contributed by atoms with E-state index in [4.69, 9.17) is 5.73 Å². The largest absolute Gasteiger partial charge is 0.323 e. The van der Waals surface area contributed by atoms with Crippen LogP contribution in [0.15, 0.2) is 31.4 Å². The predicted octanol–water partition coefficient (Wildman–Crippen LogP) is 5.33. The lowest BCUT2D eigenvalue weighted by atomic mass is 10.0. The van der Waals surface area contributed by atoms with E-state index in [-0.39, 0.29) is 6.04 Å². The van der Waals surface area contributed by atoms with Gasteiger partial charge in [-0.05, 0) is 17.9 Å². The smallest absolute Gasteiger partial charge is 0.176 e. The van der Waals surface area contributed by atoms with Gasteiger partial charge in [0.1, 0.15) is 5.69 Å². The van der Waals surface area contributed by atoms with Crippen molar-refractivity contribution in [2.75, 3.05) is 0 Å². The maximum Gasteiger partial charge on any atom is 0.176 e. The molecule has 144 valence electrons. The van der Waals surface area contributed by atoms with Gasteiger partial charge in [0, 0.05) is 24.2 Å². The first-order valence-electron chi connectivity index (χ1n) is 9.76. The minimum Gasteiger partial charge on any atom is -0.323 e.